The predicted octanol–water partition coefficient (Wildman–Crippen LogP) is -0.827. The van der Waals surface area contributed by atoms with Crippen LogP contribution in [0, 0.1) is 0 Å². The van der Waals surface area contributed by atoms with Gasteiger partial charge in [0.1, 0.15) is 24.2 Å². The standard InChI is InChI=1S/C16H20N4O6/c1-4-25-10-6-7-17-14-13(10)15(23)20(16(24)19(14)3)9-11(21)18-8-12(22)26-5-2/h6-7H,4-5,8-9H2,1-3H3,(H,18,21). The summed E-state index contributed by atoms with van der Waals surface area (Å²) in [6, 6.07) is 1.52. The number of nitrogens with zero attached hydrogens (tertiary/aromatic N) is 3. The summed E-state index contributed by atoms with van der Waals surface area (Å²) in [4.78, 5) is 52.5. The van der Waals surface area contributed by atoms with E-state index in [-0.39, 0.29) is 29.9 Å². The molecule has 10 nitrogen and oxygen atoms in total. The first-order valence-electron chi connectivity index (χ1n) is 8.04. The van der Waals surface area contributed by atoms with Crippen LogP contribution in [0.15, 0.2) is 21.9 Å². The zero-order chi connectivity index (χ0) is 19.3. The molecule has 140 valence electrons. The number of fused-ring (bicyclic) bond motifs is 1. The molecule has 2 heterocycles. The summed E-state index contributed by atoms with van der Waals surface area (Å²) >= 11 is 0. The van der Waals surface area contributed by atoms with Crippen molar-refractivity contribution >= 4 is 22.9 Å². The number of hydrogen-bond acceptors (Lipinski definition) is 7. The Labute approximate surface area is 148 Å². The molecule has 0 spiro atoms. The molecule has 0 aliphatic carbocycles. The number of aromatic nitrogens is 3. The van der Waals surface area contributed by atoms with Crippen LogP contribution in [-0.2, 0) is 27.9 Å². The average molecular weight is 364 g/mol. The molecule has 1 N–H and O–H groups in total. The summed E-state index contributed by atoms with van der Waals surface area (Å²) in [5, 5.41) is 2.42. The molecular weight excluding hydrogens is 344 g/mol. The number of pyridine rings is 1. The number of rotatable bonds is 7. The minimum atomic E-state index is -0.699. The van der Waals surface area contributed by atoms with Gasteiger partial charge in [-0.15, -0.1) is 0 Å². The number of esters is 1. The Hall–Kier alpha value is -3.17. The van der Waals surface area contributed by atoms with Gasteiger partial charge in [-0.1, -0.05) is 0 Å². The van der Waals surface area contributed by atoms with E-state index < -0.39 is 29.7 Å². The Balaban J connectivity index is 2.40. The molecule has 2 aromatic rings. The lowest BCUT2D eigenvalue weighted by Gasteiger charge is -2.12. The lowest BCUT2D eigenvalue weighted by atomic mass is 10.3. The van der Waals surface area contributed by atoms with Crippen LogP contribution in [0.3, 0.4) is 0 Å². The minimum absolute atomic E-state index is 0.106. The molecule has 0 saturated carbocycles. The second-order valence-corrected chi connectivity index (χ2v) is 5.26. The molecular formula is C16H20N4O6. The monoisotopic (exact) mass is 364 g/mol. The van der Waals surface area contributed by atoms with Crippen molar-refractivity contribution in [1.82, 2.24) is 19.4 Å². The smallest absolute Gasteiger partial charge is 0.332 e. The topological polar surface area (TPSA) is 122 Å². The second-order valence-electron chi connectivity index (χ2n) is 5.26. The number of nitrogens with one attached hydrogen (secondary N) is 1. The van der Waals surface area contributed by atoms with Gasteiger partial charge in [0.15, 0.2) is 5.65 Å². The van der Waals surface area contributed by atoms with Crippen LogP contribution in [0.2, 0.25) is 0 Å². The maximum Gasteiger partial charge on any atom is 0.332 e. The number of carbonyl (C=O) groups excluding carboxylic acids is 2. The number of hydrogen-bond donors (Lipinski definition) is 1. The molecule has 0 fully saturated rings. The largest absolute Gasteiger partial charge is 0.493 e. The molecule has 2 aromatic heterocycles. The Morgan fingerprint density at radius 1 is 1.23 bits per heavy atom. The van der Waals surface area contributed by atoms with E-state index in [0.717, 1.165) is 9.13 Å². The maximum absolute atomic E-state index is 12.7. The highest BCUT2D eigenvalue weighted by Gasteiger charge is 2.18. The van der Waals surface area contributed by atoms with E-state index in [9.17, 15) is 19.2 Å². The molecule has 0 atom stereocenters. The lowest BCUT2D eigenvalue weighted by molar-refractivity contribution is -0.143. The molecule has 2 rings (SSSR count). The van der Waals surface area contributed by atoms with E-state index in [0.29, 0.717) is 6.61 Å². The van der Waals surface area contributed by atoms with Crippen LogP contribution in [0.1, 0.15) is 13.8 Å². The van der Waals surface area contributed by atoms with Gasteiger partial charge in [-0.05, 0) is 19.9 Å². The first-order valence-corrected chi connectivity index (χ1v) is 8.04. The zero-order valence-electron chi connectivity index (χ0n) is 14.8. The highest BCUT2D eigenvalue weighted by molar-refractivity contribution is 5.83. The van der Waals surface area contributed by atoms with E-state index in [4.69, 9.17) is 9.47 Å². The number of carbonyl (C=O) groups is 2. The van der Waals surface area contributed by atoms with Crippen molar-refractivity contribution in [3.8, 4) is 5.75 Å². The summed E-state index contributed by atoms with van der Waals surface area (Å²) in [5.74, 6) is -1.00. The van der Waals surface area contributed by atoms with Gasteiger partial charge in [0.25, 0.3) is 5.56 Å². The zero-order valence-corrected chi connectivity index (χ0v) is 14.8. The maximum atomic E-state index is 12.7. The lowest BCUT2D eigenvalue weighted by Crippen LogP contribution is -2.44. The fourth-order valence-electron chi connectivity index (χ4n) is 2.38. The van der Waals surface area contributed by atoms with Gasteiger partial charge in [-0.25, -0.2) is 14.3 Å². The highest BCUT2D eigenvalue weighted by Crippen LogP contribution is 2.18. The fourth-order valence-corrected chi connectivity index (χ4v) is 2.38. The quantitative estimate of drug-likeness (QED) is 0.637. The Bertz CT molecular complexity index is 946. The van der Waals surface area contributed by atoms with Crippen molar-refractivity contribution in [3.05, 3.63) is 33.1 Å². The average Bonchev–Trinajstić information content (AvgIpc) is 2.62. The number of amides is 1. The van der Waals surface area contributed by atoms with Crippen LogP contribution in [-0.4, -0.2) is 45.8 Å². The first-order chi connectivity index (χ1) is 12.4. The van der Waals surface area contributed by atoms with Gasteiger partial charge in [-0.3, -0.25) is 19.0 Å². The molecule has 0 radical (unpaired) electrons. The third-order valence-electron chi connectivity index (χ3n) is 3.52. The second kappa shape index (κ2) is 8.28. The van der Waals surface area contributed by atoms with Crippen molar-refractivity contribution in [1.29, 1.82) is 0 Å². The van der Waals surface area contributed by atoms with Crippen LogP contribution in [0.25, 0.3) is 11.0 Å². The summed E-state index contributed by atoms with van der Waals surface area (Å²) in [6.45, 7) is 3.02. The van der Waals surface area contributed by atoms with Crippen LogP contribution < -0.4 is 21.3 Å². The van der Waals surface area contributed by atoms with E-state index in [1.807, 2.05) is 0 Å². The third kappa shape index (κ3) is 3.90. The van der Waals surface area contributed by atoms with Gasteiger partial charge < -0.3 is 14.8 Å². The minimum Gasteiger partial charge on any atom is -0.493 e. The van der Waals surface area contributed by atoms with Crippen molar-refractivity contribution in [2.24, 2.45) is 7.05 Å². The summed E-state index contributed by atoms with van der Waals surface area (Å²) in [5.41, 5.74) is -1.23. The first kappa shape index (κ1) is 19.2. The van der Waals surface area contributed by atoms with Crippen molar-refractivity contribution in [3.63, 3.8) is 0 Å². The molecule has 0 aromatic carbocycles. The number of aryl methyl sites for hydroxylation is 1. The van der Waals surface area contributed by atoms with Gasteiger partial charge in [0.2, 0.25) is 5.91 Å². The molecule has 0 saturated heterocycles. The van der Waals surface area contributed by atoms with Gasteiger partial charge in [0.05, 0.1) is 13.2 Å². The van der Waals surface area contributed by atoms with Crippen LogP contribution in [0.4, 0.5) is 0 Å². The Morgan fingerprint density at radius 2 is 1.96 bits per heavy atom. The van der Waals surface area contributed by atoms with E-state index >= 15 is 0 Å². The van der Waals surface area contributed by atoms with E-state index in [1.54, 1.807) is 13.8 Å². The highest BCUT2D eigenvalue weighted by atomic mass is 16.5. The summed E-state index contributed by atoms with van der Waals surface area (Å²) in [7, 11) is 1.44. The molecule has 0 bridgehead atoms. The molecule has 10 heteroatoms. The number of ether oxygens (including phenoxy) is 2. The Morgan fingerprint density at radius 3 is 2.62 bits per heavy atom. The molecule has 1 amide bonds. The van der Waals surface area contributed by atoms with E-state index in [2.05, 4.69) is 10.3 Å². The third-order valence-corrected chi connectivity index (χ3v) is 3.52. The van der Waals surface area contributed by atoms with Crippen molar-refractivity contribution in [2.45, 2.75) is 20.4 Å². The molecule has 0 aliphatic heterocycles. The fraction of sp³-hybridized carbons (Fsp3) is 0.438. The van der Waals surface area contributed by atoms with Crippen molar-refractivity contribution < 1.29 is 19.1 Å². The van der Waals surface area contributed by atoms with Gasteiger partial charge >= 0.3 is 11.7 Å². The Kier molecular flexibility index (Phi) is 6.10. The van der Waals surface area contributed by atoms with E-state index in [1.165, 1.54) is 19.3 Å². The van der Waals surface area contributed by atoms with Crippen LogP contribution >= 0.6 is 0 Å². The van der Waals surface area contributed by atoms with Gasteiger partial charge in [-0.2, -0.15) is 0 Å². The van der Waals surface area contributed by atoms with Gasteiger partial charge in [0, 0.05) is 13.2 Å². The molecule has 0 unspecified atom stereocenters. The van der Waals surface area contributed by atoms with Crippen molar-refractivity contribution in [2.75, 3.05) is 19.8 Å². The summed E-state index contributed by atoms with van der Waals surface area (Å²) < 4.78 is 12.1. The SMILES string of the molecule is CCOC(=O)CNC(=O)Cn1c(=O)c2c(OCC)ccnc2n(C)c1=O. The molecule has 0 aliphatic rings. The normalized spacial score (nSPS) is 10.6. The van der Waals surface area contributed by atoms with Crippen LogP contribution in [0.5, 0.6) is 5.75 Å². The summed E-state index contributed by atoms with van der Waals surface area (Å²) in [6.07, 6.45) is 1.43. The predicted molar refractivity (Wildman–Crippen MR) is 92.1 cm³/mol. The molecule has 26 heavy (non-hydrogen) atoms.